The minimum Gasteiger partial charge on any atom is -0.481 e. The van der Waals surface area contributed by atoms with Gasteiger partial charge in [0.1, 0.15) is 0 Å². The van der Waals surface area contributed by atoms with Crippen molar-refractivity contribution in [3.8, 4) is 0 Å². The summed E-state index contributed by atoms with van der Waals surface area (Å²) in [5.74, 6) is -0.957. The average molecular weight is 569 g/mol. The summed E-state index contributed by atoms with van der Waals surface area (Å²) in [5.41, 5.74) is 4.70. The molecule has 0 aliphatic carbocycles. The zero-order chi connectivity index (χ0) is 29.2. The number of rotatable bonds is 9. The molecule has 0 fully saturated rings. The number of carbonyl (C=O) groups is 2. The summed E-state index contributed by atoms with van der Waals surface area (Å²) in [6.45, 7) is 10.0. The second-order valence-electron chi connectivity index (χ2n) is 10.8. The lowest BCUT2D eigenvalue weighted by molar-refractivity contribution is -0.149. The molecule has 0 aromatic heterocycles. The van der Waals surface area contributed by atoms with Gasteiger partial charge < -0.3 is 9.84 Å². The second kappa shape index (κ2) is 16.3. The third-order valence-electron chi connectivity index (χ3n) is 7.31. The average Bonchev–Trinajstić information content (AvgIpc) is 2.94. The van der Waals surface area contributed by atoms with Crippen molar-refractivity contribution in [2.75, 3.05) is 6.61 Å². The highest BCUT2D eigenvalue weighted by Gasteiger charge is 2.37. The minimum atomic E-state index is -0.895. The number of ether oxygens (including phenoxy) is 1. The Hall–Kier alpha value is -4.18. The van der Waals surface area contributed by atoms with Crippen LogP contribution in [0, 0.1) is 13.8 Å². The van der Waals surface area contributed by atoms with Gasteiger partial charge in [-0.2, -0.15) is 0 Å². The quantitative estimate of drug-likeness (QED) is 0.205. The van der Waals surface area contributed by atoms with Crippen LogP contribution in [0.15, 0.2) is 109 Å². The summed E-state index contributed by atoms with van der Waals surface area (Å²) in [4.78, 5) is 24.3. The van der Waals surface area contributed by atoms with E-state index in [2.05, 4.69) is 6.07 Å². The first-order valence-corrected chi connectivity index (χ1v) is 13.7. The number of esters is 1. The Balaban J connectivity index is 0.000000403. The molecule has 4 aromatic rings. The number of carbonyl (C=O) groups excluding carboxylic acids is 1. The van der Waals surface area contributed by atoms with E-state index in [1.165, 1.54) is 0 Å². The van der Waals surface area contributed by atoms with Crippen molar-refractivity contribution in [3.05, 3.63) is 143 Å². The van der Waals surface area contributed by atoms with Gasteiger partial charge in [0.2, 0.25) is 0 Å². The SMILES string of the molecule is C.C.CCOC(=O)C(C)(Cc1ccccc1)c1cccc(C)c1.Cc1cccc(C(C)(Cc2ccccc2)C(=O)O)c1. The molecule has 4 heteroatoms. The molecule has 4 nitrogen and oxygen atoms in total. The van der Waals surface area contributed by atoms with Crippen LogP contribution in [0.25, 0.3) is 0 Å². The lowest BCUT2D eigenvalue weighted by Gasteiger charge is -2.28. The smallest absolute Gasteiger partial charge is 0.316 e. The molecule has 2 atom stereocenters. The fraction of sp³-hybridized carbons (Fsp3) is 0.316. The highest BCUT2D eigenvalue weighted by Crippen LogP contribution is 2.31. The third-order valence-corrected chi connectivity index (χ3v) is 7.31. The summed E-state index contributed by atoms with van der Waals surface area (Å²) < 4.78 is 5.33. The predicted octanol–water partition coefficient (Wildman–Crippen LogP) is 8.91. The van der Waals surface area contributed by atoms with E-state index in [-0.39, 0.29) is 20.8 Å². The molecule has 1 N–H and O–H groups in total. The molecule has 0 aliphatic heterocycles. The number of aliphatic carboxylic acids is 1. The molecule has 224 valence electrons. The molecule has 0 saturated heterocycles. The van der Waals surface area contributed by atoms with Gasteiger partial charge >= 0.3 is 11.9 Å². The number of benzene rings is 4. The molecule has 0 radical (unpaired) electrons. The summed E-state index contributed by atoms with van der Waals surface area (Å²) in [7, 11) is 0. The van der Waals surface area contributed by atoms with Gasteiger partial charge in [-0.3, -0.25) is 9.59 Å². The van der Waals surface area contributed by atoms with E-state index in [1.807, 2.05) is 131 Å². The Bertz CT molecular complexity index is 1400. The van der Waals surface area contributed by atoms with E-state index in [4.69, 9.17) is 4.74 Å². The third kappa shape index (κ3) is 9.17. The second-order valence-corrected chi connectivity index (χ2v) is 10.8. The van der Waals surface area contributed by atoms with Crippen LogP contribution in [-0.2, 0) is 38.0 Å². The summed E-state index contributed by atoms with van der Waals surface area (Å²) in [6, 6.07) is 35.7. The van der Waals surface area contributed by atoms with E-state index in [1.54, 1.807) is 6.92 Å². The first-order valence-electron chi connectivity index (χ1n) is 13.7. The fourth-order valence-corrected chi connectivity index (χ4v) is 4.87. The Morgan fingerprint density at radius 3 is 1.43 bits per heavy atom. The first kappa shape index (κ1) is 35.8. The van der Waals surface area contributed by atoms with E-state index >= 15 is 0 Å². The molecule has 0 bridgehead atoms. The Kier molecular flexibility index (Phi) is 13.9. The van der Waals surface area contributed by atoms with Crippen LogP contribution in [0.4, 0.5) is 0 Å². The first-order chi connectivity index (χ1) is 19.1. The molecule has 0 amide bonds. The Morgan fingerprint density at radius 2 is 1.05 bits per heavy atom. The highest BCUT2D eigenvalue weighted by atomic mass is 16.5. The monoisotopic (exact) mass is 568 g/mol. The van der Waals surface area contributed by atoms with Gasteiger partial charge in [0.15, 0.2) is 0 Å². The van der Waals surface area contributed by atoms with Crippen molar-refractivity contribution < 1.29 is 19.4 Å². The van der Waals surface area contributed by atoms with E-state index in [0.717, 1.165) is 33.4 Å². The maximum Gasteiger partial charge on any atom is 0.316 e. The van der Waals surface area contributed by atoms with Gasteiger partial charge in [-0.15, -0.1) is 0 Å². The van der Waals surface area contributed by atoms with E-state index < -0.39 is 16.8 Å². The van der Waals surface area contributed by atoms with Crippen LogP contribution in [0.1, 0.15) is 69.0 Å². The van der Waals surface area contributed by atoms with Crippen LogP contribution in [0.5, 0.6) is 0 Å². The van der Waals surface area contributed by atoms with Crippen molar-refractivity contribution in [2.24, 2.45) is 0 Å². The standard InChI is InChI=1S/C19H22O2.C17H18O2.2CH4/c1-4-21-18(20)19(3,14-16-10-6-5-7-11-16)17-12-8-9-15(2)13-17;1-13-7-6-10-15(11-13)17(2,16(18)19)12-14-8-4-3-5-9-14;;/h5-13H,4,14H2,1-3H3;3-11H,12H2,1-2H3,(H,18,19);2*1H4. The maximum absolute atomic E-state index is 12.6. The van der Waals surface area contributed by atoms with Crippen LogP contribution < -0.4 is 0 Å². The van der Waals surface area contributed by atoms with E-state index in [9.17, 15) is 14.7 Å². The minimum absolute atomic E-state index is 0. The van der Waals surface area contributed by atoms with Crippen molar-refractivity contribution in [2.45, 2.75) is 73.1 Å². The number of hydrogen-bond acceptors (Lipinski definition) is 3. The number of hydrogen-bond donors (Lipinski definition) is 1. The molecule has 4 aromatic carbocycles. The maximum atomic E-state index is 12.6. The van der Waals surface area contributed by atoms with Gasteiger partial charge in [-0.05, 0) is 69.7 Å². The summed E-state index contributed by atoms with van der Waals surface area (Å²) in [5, 5.41) is 9.64. The lowest BCUT2D eigenvalue weighted by Crippen LogP contribution is -2.36. The topological polar surface area (TPSA) is 63.6 Å². The zero-order valence-corrected chi connectivity index (χ0v) is 24.2. The molecule has 0 saturated carbocycles. The summed E-state index contributed by atoms with van der Waals surface area (Å²) in [6.07, 6.45) is 1.13. The summed E-state index contributed by atoms with van der Waals surface area (Å²) >= 11 is 0. The van der Waals surface area contributed by atoms with Gasteiger partial charge in [0.05, 0.1) is 17.4 Å². The van der Waals surface area contributed by atoms with Crippen LogP contribution in [0.3, 0.4) is 0 Å². The van der Waals surface area contributed by atoms with Crippen molar-refractivity contribution in [1.82, 2.24) is 0 Å². The van der Waals surface area contributed by atoms with Crippen molar-refractivity contribution in [3.63, 3.8) is 0 Å². The number of carboxylic acid groups (broad SMARTS) is 1. The number of carboxylic acids is 1. The number of aryl methyl sites for hydroxylation is 2. The normalized spacial score (nSPS) is 13.0. The Morgan fingerprint density at radius 1 is 0.643 bits per heavy atom. The molecule has 0 heterocycles. The van der Waals surface area contributed by atoms with E-state index in [0.29, 0.717) is 19.4 Å². The largest absolute Gasteiger partial charge is 0.481 e. The molecule has 0 spiro atoms. The lowest BCUT2D eigenvalue weighted by atomic mass is 9.77. The Labute approximate surface area is 253 Å². The molecule has 4 rings (SSSR count). The van der Waals surface area contributed by atoms with Crippen LogP contribution in [-0.4, -0.2) is 23.7 Å². The van der Waals surface area contributed by atoms with Crippen LogP contribution in [0.2, 0.25) is 0 Å². The predicted molar refractivity (Wildman–Crippen MR) is 175 cm³/mol. The molecular weight excluding hydrogens is 520 g/mol. The molecule has 2 unspecified atom stereocenters. The van der Waals surface area contributed by atoms with Gasteiger partial charge in [0, 0.05) is 0 Å². The van der Waals surface area contributed by atoms with Gasteiger partial charge in [-0.1, -0.05) is 135 Å². The highest BCUT2D eigenvalue weighted by molar-refractivity contribution is 5.83. The molecule has 0 aliphatic rings. The van der Waals surface area contributed by atoms with Gasteiger partial charge in [-0.25, -0.2) is 0 Å². The van der Waals surface area contributed by atoms with Gasteiger partial charge in [0.25, 0.3) is 0 Å². The van der Waals surface area contributed by atoms with Crippen molar-refractivity contribution in [1.29, 1.82) is 0 Å². The van der Waals surface area contributed by atoms with Crippen molar-refractivity contribution >= 4 is 11.9 Å². The zero-order valence-electron chi connectivity index (χ0n) is 24.2. The molecule has 42 heavy (non-hydrogen) atoms. The molecular formula is C38H48O4. The fourth-order valence-electron chi connectivity index (χ4n) is 4.87. The van der Waals surface area contributed by atoms with Crippen LogP contribution >= 0.6 is 0 Å².